The lowest BCUT2D eigenvalue weighted by Gasteiger charge is -2.24. The van der Waals surface area contributed by atoms with E-state index in [0.717, 1.165) is 42.4 Å². The van der Waals surface area contributed by atoms with Crippen molar-refractivity contribution in [2.75, 3.05) is 30.1 Å². The van der Waals surface area contributed by atoms with Gasteiger partial charge in [0, 0.05) is 31.4 Å². The number of hydrogen-bond donors (Lipinski definition) is 0. The normalized spacial score (nSPS) is 15.4. The zero-order chi connectivity index (χ0) is 26.6. The van der Waals surface area contributed by atoms with Crippen molar-refractivity contribution in [2.24, 2.45) is 5.10 Å². The molecule has 1 aromatic heterocycles. The standard InChI is InChI=1S/C33H40N4O/c1-4-6-24-36(25-7-5-2)30-18-12-28(13-19-30)14-20-31-26-29(35-37(31)33-10-8-9-23-34-33)17-11-27-15-21-32(38-3)22-16-27/h8-23,31H,4-7,24-26H2,1-3H3. The molecule has 0 radical (unpaired) electrons. The van der Waals surface area contributed by atoms with E-state index in [4.69, 9.17) is 9.84 Å². The predicted molar refractivity (Wildman–Crippen MR) is 162 cm³/mol. The summed E-state index contributed by atoms with van der Waals surface area (Å²) in [4.78, 5) is 7.08. The third kappa shape index (κ3) is 7.58. The lowest BCUT2D eigenvalue weighted by Crippen LogP contribution is -2.25. The van der Waals surface area contributed by atoms with Crippen LogP contribution in [0, 0.1) is 0 Å². The first-order valence-electron chi connectivity index (χ1n) is 13.8. The van der Waals surface area contributed by atoms with Crippen LogP contribution < -0.4 is 14.6 Å². The number of hydrazone groups is 1. The molecule has 0 amide bonds. The van der Waals surface area contributed by atoms with Gasteiger partial charge in [0.2, 0.25) is 0 Å². The summed E-state index contributed by atoms with van der Waals surface area (Å²) in [6.07, 6.45) is 16.2. The minimum atomic E-state index is 0.103. The summed E-state index contributed by atoms with van der Waals surface area (Å²) in [6, 6.07) is 23.1. The highest BCUT2D eigenvalue weighted by atomic mass is 16.5. The molecule has 5 heteroatoms. The van der Waals surface area contributed by atoms with Crippen LogP contribution in [0.25, 0.3) is 12.2 Å². The Hall–Kier alpha value is -3.86. The molecule has 4 rings (SSSR count). The van der Waals surface area contributed by atoms with E-state index < -0.39 is 0 Å². The highest BCUT2D eigenvalue weighted by Crippen LogP contribution is 2.25. The fraction of sp³-hybridized carbons (Fsp3) is 0.333. The van der Waals surface area contributed by atoms with Crippen molar-refractivity contribution >= 4 is 29.4 Å². The van der Waals surface area contributed by atoms with Crippen LogP contribution in [0.2, 0.25) is 0 Å². The number of unbranched alkanes of at least 4 members (excludes halogenated alkanes) is 2. The van der Waals surface area contributed by atoms with Crippen LogP contribution >= 0.6 is 0 Å². The van der Waals surface area contributed by atoms with Gasteiger partial charge in [0.1, 0.15) is 11.6 Å². The third-order valence-electron chi connectivity index (χ3n) is 6.77. The number of allylic oxidation sites excluding steroid dienone is 1. The maximum absolute atomic E-state index is 5.27. The Bertz CT molecular complexity index is 1190. The number of nitrogens with zero attached hydrogens (tertiary/aromatic N) is 4. The van der Waals surface area contributed by atoms with E-state index in [-0.39, 0.29) is 6.04 Å². The van der Waals surface area contributed by atoms with Crippen LogP contribution in [0.1, 0.15) is 57.1 Å². The largest absolute Gasteiger partial charge is 0.497 e. The van der Waals surface area contributed by atoms with Gasteiger partial charge in [-0.3, -0.25) is 0 Å². The van der Waals surface area contributed by atoms with Crippen molar-refractivity contribution in [2.45, 2.75) is 52.0 Å². The Morgan fingerprint density at radius 2 is 1.55 bits per heavy atom. The van der Waals surface area contributed by atoms with E-state index in [2.05, 4.69) is 72.3 Å². The maximum atomic E-state index is 5.27. The lowest BCUT2D eigenvalue weighted by molar-refractivity contribution is 0.415. The molecule has 0 saturated heterocycles. The van der Waals surface area contributed by atoms with Crippen LogP contribution in [0.3, 0.4) is 0 Å². The molecule has 0 spiro atoms. The Morgan fingerprint density at radius 3 is 2.18 bits per heavy atom. The van der Waals surface area contributed by atoms with E-state index in [9.17, 15) is 0 Å². The molecular weight excluding hydrogens is 468 g/mol. The molecule has 1 atom stereocenters. The number of pyridine rings is 1. The summed E-state index contributed by atoms with van der Waals surface area (Å²) >= 11 is 0. The monoisotopic (exact) mass is 508 g/mol. The number of methoxy groups -OCH3 is 1. The van der Waals surface area contributed by atoms with Gasteiger partial charge in [0.25, 0.3) is 0 Å². The summed E-state index contributed by atoms with van der Waals surface area (Å²) < 4.78 is 5.27. The van der Waals surface area contributed by atoms with Crippen molar-refractivity contribution in [3.05, 3.63) is 96.2 Å². The molecule has 3 aromatic rings. The summed E-state index contributed by atoms with van der Waals surface area (Å²) in [5.74, 6) is 1.71. The second-order valence-electron chi connectivity index (χ2n) is 9.65. The topological polar surface area (TPSA) is 41.0 Å². The molecule has 2 heterocycles. The van der Waals surface area contributed by atoms with Gasteiger partial charge in [-0.2, -0.15) is 5.10 Å². The van der Waals surface area contributed by atoms with E-state index in [1.165, 1.54) is 36.9 Å². The van der Waals surface area contributed by atoms with Gasteiger partial charge >= 0.3 is 0 Å². The van der Waals surface area contributed by atoms with Crippen LogP contribution in [0.15, 0.2) is 90.2 Å². The Morgan fingerprint density at radius 1 is 0.868 bits per heavy atom. The van der Waals surface area contributed by atoms with Gasteiger partial charge in [-0.15, -0.1) is 0 Å². The summed E-state index contributed by atoms with van der Waals surface area (Å²) in [7, 11) is 1.68. The molecule has 198 valence electrons. The highest BCUT2D eigenvalue weighted by molar-refractivity contribution is 6.01. The van der Waals surface area contributed by atoms with Gasteiger partial charge in [-0.25, -0.2) is 9.99 Å². The Kier molecular flexibility index (Phi) is 10.1. The Balaban J connectivity index is 1.47. The molecule has 0 aliphatic carbocycles. The van der Waals surface area contributed by atoms with Gasteiger partial charge in [-0.1, -0.05) is 75.2 Å². The van der Waals surface area contributed by atoms with Crippen molar-refractivity contribution < 1.29 is 4.74 Å². The molecule has 0 N–H and O–H groups in total. The van der Waals surface area contributed by atoms with Gasteiger partial charge in [-0.05, 0) is 66.4 Å². The molecule has 0 fully saturated rings. The fourth-order valence-electron chi connectivity index (χ4n) is 4.51. The third-order valence-corrected chi connectivity index (χ3v) is 6.77. The molecule has 2 aromatic carbocycles. The highest BCUT2D eigenvalue weighted by Gasteiger charge is 2.25. The van der Waals surface area contributed by atoms with E-state index in [0.29, 0.717) is 0 Å². The zero-order valence-corrected chi connectivity index (χ0v) is 23.0. The molecule has 0 bridgehead atoms. The first-order chi connectivity index (χ1) is 18.7. The number of hydrogen-bond acceptors (Lipinski definition) is 5. The summed E-state index contributed by atoms with van der Waals surface area (Å²) in [5.41, 5.74) is 4.65. The zero-order valence-electron chi connectivity index (χ0n) is 23.0. The molecular formula is C33H40N4O. The van der Waals surface area contributed by atoms with E-state index in [1.54, 1.807) is 7.11 Å². The molecule has 1 aliphatic rings. The van der Waals surface area contributed by atoms with Crippen LogP contribution in [-0.2, 0) is 0 Å². The quantitative estimate of drug-likeness (QED) is 0.236. The van der Waals surface area contributed by atoms with Gasteiger partial charge in [0.05, 0.1) is 18.9 Å². The first kappa shape index (κ1) is 27.2. The van der Waals surface area contributed by atoms with Gasteiger partial charge < -0.3 is 9.64 Å². The van der Waals surface area contributed by atoms with Crippen LogP contribution in [-0.4, -0.2) is 36.9 Å². The fourth-order valence-corrected chi connectivity index (χ4v) is 4.51. The molecule has 1 aliphatic heterocycles. The average Bonchev–Trinajstić information content (AvgIpc) is 3.39. The molecule has 38 heavy (non-hydrogen) atoms. The SMILES string of the molecule is CCCCN(CCCC)c1ccc(C=CC2CC(C=Cc3ccc(OC)cc3)=NN2c2ccccn2)cc1. The molecule has 1 unspecified atom stereocenters. The molecule has 5 nitrogen and oxygen atoms in total. The van der Waals surface area contributed by atoms with Crippen LogP contribution in [0.4, 0.5) is 11.5 Å². The van der Waals surface area contributed by atoms with Crippen LogP contribution in [0.5, 0.6) is 5.75 Å². The number of ether oxygens (including phenoxy) is 1. The predicted octanol–water partition coefficient (Wildman–Crippen LogP) is 7.86. The number of benzene rings is 2. The second kappa shape index (κ2) is 14.2. The average molecular weight is 509 g/mol. The second-order valence-corrected chi connectivity index (χ2v) is 9.65. The number of aromatic nitrogens is 1. The molecule has 0 saturated carbocycles. The smallest absolute Gasteiger partial charge is 0.149 e. The maximum Gasteiger partial charge on any atom is 0.149 e. The Labute approximate surface area is 228 Å². The van der Waals surface area contributed by atoms with Crippen molar-refractivity contribution in [1.82, 2.24) is 4.98 Å². The lowest BCUT2D eigenvalue weighted by atomic mass is 10.1. The summed E-state index contributed by atoms with van der Waals surface area (Å²) in [6.45, 7) is 6.76. The minimum Gasteiger partial charge on any atom is -0.497 e. The minimum absolute atomic E-state index is 0.103. The van der Waals surface area contributed by atoms with Crippen molar-refractivity contribution in [3.8, 4) is 5.75 Å². The van der Waals surface area contributed by atoms with Crippen molar-refractivity contribution in [3.63, 3.8) is 0 Å². The van der Waals surface area contributed by atoms with E-state index >= 15 is 0 Å². The first-order valence-corrected chi connectivity index (χ1v) is 13.8. The van der Waals surface area contributed by atoms with Gasteiger partial charge in [0.15, 0.2) is 0 Å². The van der Waals surface area contributed by atoms with Crippen molar-refractivity contribution in [1.29, 1.82) is 0 Å². The number of anilines is 2. The van der Waals surface area contributed by atoms with E-state index in [1.807, 2.05) is 53.7 Å². The summed E-state index contributed by atoms with van der Waals surface area (Å²) in [5, 5.41) is 6.94. The number of rotatable bonds is 13.